The van der Waals surface area contributed by atoms with Crippen LogP contribution in [-0.2, 0) is 9.53 Å². The fourth-order valence-corrected chi connectivity index (χ4v) is 3.13. The van der Waals surface area contributed by atoms with Crippen LogP contribution in [0.2, 0.25) is 5.02 Å². The van der Waals surface area contributed by atoms with Crippen molar-refractivity contribution >= 4 is 46.3 Å². The molecule has 0 atom stereocenters. The van der Waals surface area contributed by atoms with Crippen LogP contribution in [-0.4, -0.2) is 34.1 Å². The lowest BCUT2D eigenvalue weighted by Crippen LogP contribution is -2.22. The molecule has 0 spiro atoms. The van der Waals surface area contributed by atoms with E-state index in [1.807, 2.05) is 0 Å². The summed E-state index contributed by atoms with van der Waals surface area (Å²) in [4.78, 5) is 58.4. The van der Waals surface area contributed by atoms with Gasteiger partial charge in [0.1, 0.15) is 10.7 Å². The molecule has 12 heteroatoms. The number of benzene rings is 3. The molecule has 0 heterocycles. The molecule has 0 aliphatic heterocycles. The first kappa shape index (κ1) is 24.0. The Hall–Kier alpha value is -4.64. The average molecular weight is 484 g/mol. The second-order valence-electron chi connectivity index (χ2n) is 6.70. The number of ketones is 1. The monoisotopic (exact) mass is 483 g/mol. The van der Waals surface area contributed by atoms with E-state index in [4.69, 9.17) is 16.3 Å². The number of nitrogens with zero attached hydrogens (tertiary/aromatic N) is 2. The normalized spacial score (nSPS) is 10.3. The van der Waals surface area contributed by atoms with Gasteiger partial charge in [0.15, 0.2) is 12.4 Å². The van der Waals surface area contributed by atoms with E-state index in [0.717, 1.165) is 6.07 Å². The molecule has 0 saturated heterocycles. The number of hydrogen-bond acceptors (Lipinski definition) is 8. The molecule has 0 aliphatic carbocycles. The SMILES string of the molecule is O=C(COC(=O)c1ccccc1C(=O)c1ccc(Cl)c([N+](=O)[O-])c1)Nc1ccccc1[N+](=O)[O-]. The molecule has 0 bridgehead atoms. The standard InChI is InChI=1S/C22H14ClN3O8/c23-16-10-9-13(11-19(16)26(32)33)21(28)14-5-1-2-6-15(14)22(29)34-12-20(27)24-17-7-3-4-8-18(17)25(30)31/h1-11H,12H2,(H,24,27). The number of ether oxygens (including phenoxy) is 1. The molecule has 0 unspecified atom stereocenters. The van der Waals surface area contributed by atoms with Crippen molar-refractivity contribution in [2.45, 2.75) is 0 Å². The van der Waals surface area contributed by atoms with E-state index in [9.17, 15) is 34.6 Å². The molecule has 0 fully saturated rings. The topological polar surface area (TPSA) is 159 Å². The van der Waals surface area contributed by atoms with Gasteiger partial charge < -0.3 is 10.1 Å². The van der Waals surface area contributed by atoms with Gasteiger partial charge in [-0.3, -0.25) is 29.8 Å². The molecule has 11 nitrogen and oxygen atoms in total. The predicted molar refractivity (Wildman–Crippen MR) is 120 cm³/mol. The zero-order valence-electron chi connectivity index (χ0n) is 17.1. The summed E-state index contributed by atoms with van der Waals surface area (Å²) in [6, 6.07) is 14.5. The van der Waals surface area contributed by atoms with Crippen LogP contribution in [0.4, 0.5) is 17.1 Å². The summed E-state index contributed by atoms with van der Waals surface area (Å²) in [5.41, 5.74) is -1.25. The summed E-state index contributed by atoms with van der Waals surface area (Å²) in [5, 5.41) is 24.3. The van der Waals surface area contributed by atoms with Gasteiger partial charge in [-0.1, -0.05) is 41.9 Å². The number of hydrogen-bond donors (Lipinski definition) is 1. The third-order valence-electron chi connectivity index (χ3n) is 4.51. The number of amides is 1. The number of nitro groups is 2. The summed E-state index contributed by atoms with van der Waals surface area (Å²) in [5.74, 6) is -2.54. The highest BCUT2D eigenvalue weighted by molar-refractivity contribution is 6.33. The van der Waals surface area contributed by atoms with Crippen molar-refractivity contribution in [1.29, 1.82) is 0 Å². The van der Waals surface area contributed by atoms with Crippen molar-refractivity contribution < 1.29 is 29.0 Å². The van der Waals surface area contributed by atoms with Gasteiger partial charge in [-0.05, 0) is 24.3 Å². The summed E-state index contributed by atoms with van der Waals surface area (Å²) < 4.78 is 4.97. The molecule has 34 heavy (non-hydrogen) atoms. The minimum Gasteiger partial charge on any atom is -0.452 e. The number of para-hydroxylation sites is 2. The Labute approximate surface area is 196 Å². The molecule has 3 aromatic rings. The maximum absolute atomic E-state index is 12.9. The first-order valence-electron chi connectivity index (χ1n) is 9.47. The molecule has 0 saturated carbocycles. The first-order valence-corrected chi connectivity index (χ1v) is 9.85. The van der Waals surface area contributed by atoms with E-state index in [1.54, 1.807) is 0 Å². The lowest BCUT2D eigenvalue weighted by atomic mass is 9.98. The lowest BCUT2D eigenvalue weighted by Gasteiger charge is -2.10. The van der Waals surface area contributed by atoms with E-state index in [1.165, 1.54) is 60.7 Å². The maximum atomic E-state index is 12.9. The van der Waals surface area contributed by atoms with Crippen LogP contribution in [0.1, 0.15) is 26.3 Å². The van der Waals surface area contributed by atoms with Crippen molar-refractivity contribution in [3.05, 3.63) is 109 Å². The van der Waals surface area contributed by atoms with Crippen molar-refractivity contribution in [1.82, 2.24) is 0 Å². The largest absolute Gasteiger partial charge is 0.452 e. The van der Waals surface area contributed by atoms with Gasteiger partial charge in [-0.2, -0.15) is 0 Å². The molecule has 3 rings (SSSR count). The maximum Gasteiger partial charge on any atom is 0.339 e. The minimum atomic E-state index is -1.01. The summed E-state index contributed by atoms with van der Waals surface area (Å²) in [7, 11) is 0. The number of carbonyl (C=O) groups excluding carboxylic acids is 3. The number of nitro benzene ring substituents is 2. The van der Waals surface area contributed by atoms with Gasteiger partial charge in [0.25, 0.3) is 17.3 Å². The van der Waals surface area contributed by atoms with E-state index < -0.39 is 39.8 Å². The molecule has 0 aromatic heterocycles. The minimum absolute atomic E-state index is 0.0755. The highest BCUT2D eigenvalue weighted by Crippen LogP contribution is 2.27. The van der Waals surface area contributed by atoms with Crippen molar-refractivity contribution in [3.63, 3.8) is 0 Å². The zero-order chi connectivity index (χ0) is 24.8. The third-order valence-corrected chi connectivity index (χ3v) is 4.83. The second-order valence-corrected chi connectivity index (χ2v) is 7.10. The molecule has 172 valence electrons. The van der Waals surface area contributed by atoms with Gasteiger partial charge in [0.05, 0.1) is 15.4 Å². The number of nitrogens with one attached hydrogen (secondary N) is 1. The number of anilines is 1. The number of carbonyl (C=O) groups is 3. The Morgan fingerprint density at radius 3 is 2.15 bits per heavy atom. The highest BCUT2D eigenvalue weighted by Gasteiger charge is 2.23. The Balaban J connectivity index is 1.76. The van der Waals surface area contributed by atoms with Gasteiger partial charge in [0.2, 0.25) is 0 Å². The summed E-state index contributed by atoms with van der Waals surface area (Å²) in [6.07, 6.45) is 0. The smallest absolute Gasteiger partial charge is 0.339 e. The van der Waals surface area contributed by atoms with E-state index in [-0.39, 0.29) is 33.1 Å². The Kier molecular flexibility index (Phi) is 7.29. The molecular weight excluding hydrogens is 470 g/mol. The molecular formula is C22H14ClN3O8. The quantitative estimate of drug-likeness (QED) is 0.216. The van der Waals surface area contributed by atoms with Crippen LogP contribution in [0.15, 0.2) is 66.7 Å². The van der Waals surface area contributed by atoms with Crippen LogP contribution in [0.3, 0.4) is 0 Å². The molecule has 0 aliphatic rings. The van der Waals surface area contributed by atoms with Crippen LogP contribution < -0.4 is 5.32 Å². The van der Waals surface area contributed by atoms with Crippen LogP contribution in [0, 0.1) is 20.2 Å². The molecule has 3 aromatic carbocycles. The summed E-state index contributed by atoms with van der Waals surface area (Å²) in [6.45, 7) is -0.778. The third kappa shape index (κ3) is 5.40. The number of esters is 1. The Morgan fingerprint density at radius 2 is 1.47 bits per heavy atom. The van der Waals surface area contributed by atoms with Crippen molar-refractivity contribution in [3.8, 4) is 0 Å². The van der Waals surface area contributed by atoms with Gasteiger partial charge in [-0.25, -0.2) is 4.79 Å². The van der Waals surface area contributed by atoms with E-state index in [2.05, 4.69) is 5.32 Å². The van der Waals surface area contributed by atoms with Gasteiger partial charge in [0, 0.05) is 23.3 Å². The second kappa shape index (κ2) is 10.3. The number of rotatable bonds is 8. The van der Waals surface area contributed by atoms with Gasteiger partial charge in [-0.15, -0.1) is 0 Å². The van der Waals surface area contributed by atoms with Crippen molar-refractivity contribution in [2.24, 2.45) is 0 Å². The first-order chi connectivity index (χ1) is 16.2. The predicted octanol–water partition coefficient (Wildman–Crippen LogP) is 4.18. The van der Waals surface area contributed by atoms with Crippen LogP contribution in [0.25, 0.3) is 0 Å². The van der Waals surface area contributed by atoms with E-state index >= 15 is 0 Å². The van der Waals surface area contributed by atoms with Gasteiger partial charge >= 0.3 is 5.97 Å². The highest BCUT2D eigenvalue weighted by atomic mass is 35.5. The lowest BCUT2D eigenvalue weighted by molar-refractivity contribution is -0.384. The fourth-order valence-electron chi connectivity index (χ4n) is 2.94. The van der Waals surface area contributed by atoms with Crippen molar-refractivity contribution in [2.75, 3.05) is 11.9 Å². The van der Waals surface area contributed by atoms with E-state index in [0.29, 0.717) is 0 Å². The average Bonchev–Trinajstić information content (AvgIpc) is 2.82. The molecule has 1 N–H and O–H groups in total. The van der Waals surface area contributed by atoms with Crippen LogP contribution >= 0.6 is 11.6 Å². The fraction of sp³-hybridized carbons (Fsp3) is 0.0455. The van der Waals surface area contributed by atoms with Crippen LogP contribution in [0.5, 0.6) is 0 Å². The summed E-state index contributed by atoms with van der Waals surface area (Å²) >= 11 is 5.78. The molecule has 1 amide bonds. The zero-order valence-corrected chi connectivity index (χ0v) is 17.9. The Bertz CT molecular complexity index is 1330. The number of halogens is 1. The molecule has 0 radical (unpaired) electrons. The Morgan fingerprint density at radius 1 is 0.853 bits per heavy atom.